The van der Waals surface area contributed by atoms with Crippen LogP contribution >= 0.6 is 0 Å². The highest BCUT2D eigenvalue weighted by molar-refractivity contribution is 5.93. The Kier molecular flexibility index (Phi) is 3.89. The van der Waals surface area contributed by atoms with Crippen molar-refractivity contribution < 1.29 is 19.5 Å². The number of aliphatic hydroxyl groups excluding tert-OH is 2. The second-order valence-electron chi connectivity index (χ2n) is 5.40. The summed E-state index contributed by atoms with van der Waals surface area (Å²) in [6.07, 6.45) is 0.390. The molecule has 7 nitrogen and oxygen atoms in total. The Morgan fingerprint density at radius 1 is 1.43 bits per heavy atom. The van der Waals surface area contributed by atoms with Gasteiger partial charge in [-0.25, -0.2) is 9.69 Å². The van der Waals surface area contributed by atoms with Crippen LogP contribution in [-0.4, -0.2) is 45.3 Å². The summed E-state index contributed by atoms with van der Waals surface area (Å²) >= 11 is 0. The second kappa shape index (κ2) is 5.34. The first-order valence-electron chi connectivity index (χ1n) is 6.51. The maximum Gasteiger partial charge on any atom is 0.331 e. The molecule has 1 saturated heterocycles. The second-order valence-corrected chi connectivity index (χ2v) is 5.40. The molecule has 2 heterocycles. The van der Waals surface area contributed by atoms with Crippen molar-refractivity contribution in [3.8, 4) is 0 Å². The zero-order valence-corrected chi connectivity index (χ0v) is 12.1. The summed E-state index contributed by atoms with van der Waals surface area (Å²) in [5, 5.41) is 23.8. The molecule has 0 radical (unpaired) electrons. The van der Waals surface area contributed by atoms with Crippen molar-refractivity contribution in [2.45, 2.75) is 31.7 Å². The van der Waals surface area contributed by atoms with Gasteiger partial charge in [-0.05, 0) is 0 Å². The predicted molar refractivity (Wildman–Crippen MR) is 76.5 cm³/mol. The summed E-state index contributed by atoms with van der Waals surface area (Å²) < 4.78 is 5.14. The Balaban J connectivity index is 2.32. The van der Waals surface area contributed by atoms with E-state index in [0.717, 1.165) is 9.80 Å². The summed E-state index contributed by atoms with van der Waals surface area (Å²) in [7, 11) is 0. The fourth-order valence-corrected chi connectivity index (χ4v) is 2.00. The molecule has 1 fully saturated rings. The lowest BCUT2D eigenvalue weighted by atomic mass is 9.90. The number of carbonyl (C=O) groups is 1. The maximum atomic E-state index is 12.2. The first kappa shape index (κ1) is 15.3. The summed E-state index contributed by atoms with van der Waals surface area (Å²) in [6.45, 7) is 11.1. The molecular formula is C14H19N3O4. The van der Waals surface area contributed by atoms with Crippen LogP contribution < -0.4 is 4.90 Å². The SMILES string of the molecule is C=CCN1C(=O)N(c2cc(C(C)(C)C=C)no2)C(O)C1O. The van der Waals surface area contributed by atoms with Crippen molar-refractivity contribution in [1.29, 1.82) is 0 Å². The molecule has 2 rings (SSSR count). The van der Waals surface area contributed by atoms with Gasteiger partial charge in [0.2, 0.25) is 5.88 Å². The highest BCUT2D eigenvalue weighted by Crippen LogP contribution is 2.31. The van der Waals surface area contributed by atoms with Gasteiger partial charge in [0.1, 0.15) is 0 Å². The minimum atomic E-state index is -1.43. The topological polar surface area (TPSA) is 90.0 Å². The van der Waals surface area contributed by atoms with Crippen molar-refractivity contribution in [3.63, 3.8) is 0 Å². The molecule has 0 aromatic carbocycles. The number of aromatic nitrogens is 1. The zero-order valence-electron chi connectivity index (χ0n) is 12.1. The van der Waals surface area contributed by atoms with Crippen LogP contribution in [0.15, 0.2) is 35.9 Å². The molecule has 21 heavy (non-hydrogen) atoms. The molecule has 2 amide bonds. The summed E-state index contributed by atoms with van der Waals surface area (Å²) in [4.78, 5) is 14.3. The monoisotopic (exact) mass is 293 g/mol. The number of amides is 2. The molecule has 0 aliphatic carbocycles. The van der Waals surface area contributed by atoms with E-state index >= 15 is 0 Å². The van der Waals surface area contributed by atoms with Crippen molar-refractivity contribution in [2.75, 3.05) is 11.4 Å². The van der Waals surface area contributed by atoms with E-state index in [4.69, 9.17) is 4.52 Å². The van der Waals surface area contributed by atoms with E-state index in [1.54, 1.807) is 12.1 Å². The smallest absolute Gasteiger partial charge is 0.331 e. The number of allylic oxidation sites excluding steroid dienone is 1. The molecule has 114 valence electrons. The molecule has 1 aliphatic rings. The lowest BCUT2D eigenvalue weighted by Crippen LogP contribution is -2.36. The van der Waals surface area contributed by atoms with Gasteiger partial charge in [-0.3, -0.25) is 4.90 Å². The molecule has 2 unspecified atom stereocenters. The predicted octanol–water partition coefficient (Wildman–Crippen LogP) is 1.20. The Hall–Kier alpha value is -2.12. The fourth-order valence-electron chi connectivity index (χ4n) is 2.00. The molecule has 2 atom stereocenters. The number of hydrogen-bond donors (Lipinski definition) is 2. The van der Waals surface area contributed by atoms with Crippen molar-refractivity contribution >= 4 is 11.9 Å². The molecule has 0 saturated carbocycles. The van der Waals surface area contributed by atoms with Crippen LogP contribution in [0, 0.1) is 0 Å². The highest BCUT2D eigenvalue weighted by atomic mass is 16.5. The third-order valence-electron chi connectivity index (χ3n) is 3.53. The van der Waals surface area contributed by atoms with E-state index < -0.39 is 23.9 Å². The minimum absolute atomic E-state index is 0.0723. The number of hydrogen-bond acceptors (Lipinski definition) is 5. The normalized spacial score (nSPS) is 22.8. The van der Waals surface area contributed by atoms with Gasteiger partial charge >= 0.3 is 6.03 Å². The van der Waals surface area contributed by atoms with Crippen LogP contribution in [0.3, 0.4) is 0 Å². The third kappa shape index (κ3) is 2.45. The van der Waals surface area contributed by atoms with Crippen molar-refractivity contribution in [1.82, 2.24) is 10.1 Å². The third-order valence-corrected chi connectivity index (χ3v) is 3.53. The van der Waals surface area contributed by atoms with Crippen molar-refractivity contribution in [2.24, 2.45) is 0 Å². The zero-order chi connectivity index (χ0) is 15.8. The molecule has 1 aliphatic heterocycles. The van der Waals surface area contributed by atoms with Gasteiger partial charge in [-0.2, -0.15) is 0 Å². The summed E-state index contributed by atoms with van der Waals surface area (Å²) in [6, 6.07) is 0.974. The quantitative estimate of drug-likeness (QED) is 0.796. The van der Waals surface area contributed by atoms with Gasteiger partial charge < -0.3 is 14.7 Å². The number of nitrogens with zero attached hydrogens (tertiary/aromatic N) is 3. The minimum Gasteiger partial charge on any atom is -0.369 e. The van der Waals surface area contributed by atoms with Gasteiger partial charge in [0.05, 0.1) is 5.69 Å². The summed E-state index contributed by atoms with van der Waals surface area (Å²) in [5.74, 6) is 0.0723. The average molecular weight is 293 g/mol. The van der Waals surface area contributed by atoms with Gasteiger partial charge in [-0.15, -0.1) is 13.2 Å². The lowest BCUT2D eigenvalue weighted by molar-refractivity contribution is -0.0242. The van der Waals surface area contributed by atoms with E-state index in [1.807, 2.05) is 13.8 Å². The maximum absolute atomic E-state index is 12.2. The summed E-state index contributed by atoms with van der Waals surface area (Å²) in [5.41, 5.74) is 0.138. The number of anilines is 1. The molecule has 1 aromatic rings. The van der Waals surface area contributed by atoms with E-state index in [2.05, 4.69) is 18.3 Å². The van der Waals surface area contributed by atoms with Crippen molar-refractivity contribution in [3.05, 3.63) is 37.1 Å². The molecule has 7 heteroatoms. The van der Waals surface area contributed by atoms with Gasteiger partial charge in [-0.1, -0.05) is 31.2 Å². The van der Waals surface area contributed by atoms with Crippen LogP contribution in [0.1, 0.15) is 19.5 Å². The average Bonchev–Trinajstić information content (AvgIpc) is 3.00. The fraction of sp³-hybridized carbons (Fsp3) is 0.429. The van der Waals surface area contributed by atoms with Crippen LogP contribution in [0.5, 0.6) is 0 Å². The lowest BCUT2D eigenvalue weighted by Gasteiger charge is -2.16. The van der Waals surface area contributed by atoms with Crippen LogP contribution in [0.4, 0.5) is 10.7 Å². The number of urea groups is 1. The van der Waals surface area contributed by atoms with Gasteiger partial charge in [0, 0.05) is 18.0 Å². The Bertz CT molecular complexity index is 566. The van der Waals surface area contributed by atoms with E-state index in [0.29, 0.717) is 5.69 Å². The molecule has 0 spiro atoms. The van der Waals surface area contributed by atoms with E-state index in [1.165, 1.54) is 6.08 Å². The number of rotatable bonds is 5. The highest BCUT2D eigenvalue weighted by Gasteiger charge is 2.46. The molecule has 0 bridgehead atoms. The van der Waals surface area contributed by atoms with Gasteiger partial charge in [0.15, 0.2) is 12.5 Å². The Labute approximate surface area is 122 Å². The van der Waals surface area contributed by atoms with E-state index in [-0.39, 0.29) is 12.4 Å². The first-order valence-corrected chi connectivity index (χ1v) is 6.51. The van der Waals surface area contributed by atoms with Gasteiger partial charge in [0.25, 0.3) is 0 Å². The molecule has 1 aromatic heterocycles. The largest absolute Gasteiger partial charge is 0.369 e. The van der Waals surface area contributed by atoms with Crippen LogP contribution in [0.2, 0.25) is 0 Å². The van der Waals surface area contributed by atoms with Crippen LogP contribution in [0.25, 0.3) is 0 Å². The Morgan fingerprint density at radius 3 is 2.67 bits per heavy atom. The van der Waals surface area contributed by atoms with Crippen LogP contribution in [-0.2, 0) is 5.41 Å². The first-order chi connectivity index (χ1) is 9.83. The number of aliphatic hydroxyl groups is 2. The number of carbonyl (C=O) groups excluding carboxylic acids is 1. The standard InChI is InChI=1S/C14H19N3O4/c1-5-7-16-11(18)12(19)17(13(16)20)10-8-9(15-21-10)14(3,4)6-2/h5-6,8,11-12,18-19H,1-2,7H2,3-4H3. The van der Waals surface area contributed by atoms with E-state index in [9.17, 15) is 15.0 Å². The Morgan fingerprint density at radius 2 is 2.10 bits per heavy atom. The molecular weight excluding hydrogens is 274 g/mol. The molecule has 2 N–H and O–H groups in total.